The molecular formula is C13H17ClO4. The summed E-state index contributed by atoms with van der Waals surface area (Å²) in [6.07, 6.45) is 0.604. The van der Waals surface area contributed by atoms with E-state index < -0.39 is 11.6 Å². The van der Waals surface area contributed by atoms with Crippen LogP contribution in [0.1, 0.15) is 31.7 Å². The summed E-state index contributed by atoms with van der Waals surface area (Å²) in [4.78, 5) is 10.9. The molecule has 1 unspecified atom stereocenters. The Bertz CT molecular complexity index is 433. The van der Waals surface area contributed by atoms with Crippen molar-refractivity contribution in [3.05, 3.63) is 28.8 Å². The second-order valence-corrected chi connectivity index (χ2v) is 4.63. The zero-order valence-electron chi connectivity index (χ0n) is 10.4. The van der Waals surface area contributed by atoms with Gasteiger partial charge in [-0.2, -0.15) is 0 Å². The van der Waals surface area contributed by atoms with Crippen LogP contribution in [-0.2, 0) is 10.4 Å². The van der Waals surface area contributed by atoms with E-state index in [9.17, 15) is 9.90 Å². The highest BCUT2D eigenvalue weighted by molar-refractivity contribution is 6.30. The molecule has 1 aromatic rings. The molecule has 18 heavy (non-hydrogen) atoms. The predicted molar refractivity (Wildman–Crippen MR) is 69.1 cm³/mol. The van der Waals surface area contributed by atoms with Crippen molar-refractivity contribution in [2.75, 3.05) is 7.11 Å². The molecule has 1 rings (SSSR count). The van der Waals surface area contributed by atoms with E-state index in [0.29, 0.717) is 29.2 Å². The van der Waals surface area contributed by atoms with E-state index in [1.165, 1.54) is 7.11 Å². The number of hydrogen-bond acceptors (Lipinski definition) is 3. The van der Waals surface area contributed by atoms with Crippen LogP contribution < -0.4 is 4.74 Å². The van der Waals surface area contributed by atoms with E-state index >= 15 is 0 Å². The van der Waals surface area contributed by atoms with Gasteiger partial charge in [-0.05, 0) is 24.6 Å². The van der Waals surface area contributed by atoms with Gasteiger partial charge in [0.2, 0.25) is 0 Å². The lowest BCUT2D eigenvalue weighted by molar-refractivity contribution is -0.143. The number of ether oxygens (including phenoxy) is 1. The highest BCUT2D eigenvalue weighted by atomic mass is 35.5. The van der Waals surface area contributed by atoms with Crippen molar-refractivity contribution in [2.24, 2.45) is 0 Å². The first kappa shape index (κ1) is 14.8. The normalized spacial score (nSPS) is 14.0. The van der Waals surface area contributed by atoms with Crippen LogP contribution in [0, 0.1) is 0 Å². The molecule has 1 aromatic carbocycles. The monoisotopic (exact) mass is 272 g/mol. The zero-order valence-corrected chi connectivity index (χ0v) is 11.2. The number of hydrogen-bond donors (Lipinski definition) is 2. The fourth-order valence-electron chi connectivity index (χ4n) is 2.03. The van der Waals surface area contributed by atoms with Crippen LogP contribution in [0.3, 0.4) is 0 Å². The van der Waals surface area contributed by atoms with E-state index in [1.807, 2.05) is 6.92 Å². The van der Waals surface area contributed by atoms with Crippen LogP contribution in [0.5, 0.6) is 5.75 Å². The zero-order chi connectivity index (χ0) is 13.8. The molecule has 100 valence electrons. The lowest BCUT2D eigenvalue weighted by Crippen LogP contribution is -2.29. The summed E-state index contributed by atoms with van der Waals surface area (Å²) in [6.45, 7) is 1.88. The summed E-state index contributed by atoms with van der Waals surface area (Å²) < 4.78 is 5.16. The lowest BCUT2D eigenvalue weighted by Gasteiger charge is -2.28. The van der Waals surface area contributed by atoms with Gasteiger partial charge in [-0.1, -0.05) is 24.9 Å². The molecule has 4 nitrogen and oxygen atoms in total. The number of carbonyl (C=O) groups is 1. The quantitative estimate of drug-likeness (QED) is 0.836. The molecule has 0 saturated heterocycles. The van der Waals surface area contributed by atoms with E-state index in [1.54, 1.807) is 18.2 Å². The fourth-order valence-corrected chi connectivity index (χ4v) is 2.20. The van der Waals surface area contributed by atoms with Crippen molar-refractivity contribution in [1.29, 1.82) is 0 Å². The Labute approximate surface area is 111 Å². The maximum absolute atomic E-state index is 10.9. The first-order valence-electron chi connectivity index (χ1n) is 5.71. The number of aliphatic hydroxyl groups is 1. The second kappa shape index (κ2) is 6.07. The van der Waals surface area contributed by atoms with Gasteiger partial charge in [0.25, 0.3) is 0 Å². The molecule has 0 aliphatic rings. The van der Waals surface area contributed by atoms with Gasteiger partial charge < -0.3 is 14.9 Å². The Hall–Kier alpha value is -1.26. The molecule has 1 atom stereocenters. The van der Waals surface area contributed by atoms with Gasteiger partial charge in [0.1, 0.15) is 11.4 Å². The van der Waals surface area contributed by atoms with Crippen molar-refractivity contribution in [3.63, 3.8) is 0 Å². The van der Waals surface area contributed by atoms with Crippen molar-refractivity contribution >= 4 is 17.6 Å². The molecule has 0 radical (unpaired) electrons. The summed E-state index contributed by atoms with van der Waals surface area (Å²) in [5.74, 6) is -0.621. The van der Waals surface area contributed by atoms with Gasteiger partial charge in [-0.15, -0.1) is 0 Å². The van der Waals surface area contributed by atoms with E-state index in [-0.39, 0.29) is 6.42 Å². The number of methoxy groups -OCH3 is 1. The first-order valence-corrected chi connectivity index (χ1v) is 6.09. The average molecular weight is 273 g/mol. The van der Waals surface area contributed by atoms with Crippen molar-refractivity contribution in [3.8, 4) is 5.75 Å². The van der Waals surface area contributed by atoms with Crippen LogP contribution in [-0.4, -0.2) is 23.3 Å². The number of halogens is 1. The Kier molecular flexibility index (Phi) is 4.99. The van der Waals surface area contributed by atoms with E-state index in [0.717, 1.165) is 0 Å². The molecule has 2 N–H and O–H groups in total. The summed E-state index contributed by atoms with van der Waals surface area (Å²) in [5.41, 5.74) is -1.04. The smallest absolute Gasteiger partial charge is 0.306 e. The number of rotatable bonds is 6. The highest BCUT2D eigenvalue weighted by Crippen LogP contribution is 2.37. The number of carboxylic acids is 1. The molecule has 0 spiro atoms. The van der Waals surface area contributed by atoms with Gasteiger partial charge in [0.15, 0.2) is 0 Å². The van der Waals surface area contributed by atoms with Crippen molar-refractivity contribution in [2.45, 2.75) is 31.8 Å². The summed E-state index contributed by atoms with van der Waals surface area (Å²) in [5, 5.41) is 19.9. The maximum Gasteiger partial charge on any atom is 0.306 e. The van der Waals surface area contributed by atoms with Gasteiger partial charge in [-0.3, -0.25) is 4.79 Å². The SMILES string of the molecule is CCCC(O)(CC(=O)O)c1cc(Cl)ccc1OC. The molecule has 0 amide bonds. The third-order valence-corrected chi connectivity index (χ3v) is 3.01. The lowest BCUT2D eigenvalue weighted by atomic mass is 9.85. The van der Waals surface area contributed by atoms with Gasteiger partial charge in [-0.25, -0.2) is 0 Å². The van der Waals surface area contributed by atoms with Gasteiger partial charge >= 0.3 is 5.97 Å². The van der Waals surface area contributed by atoms with E-state index in [4.69, 9.17) is 21.4 Å². The Morgan fingerprint density at radius 2 is 2.17 bits per heavy atom. The molecule has 0 saturated carbocycles. The second-order valence-electron chi connectivity index (χ2n) is 4.20. The van der Waals surface area contributed by atoms with Crippen molar-refractivity contribution in [1.82, 2.24) is 0 Å². The molecule has 0 fully saturated rings. The Morgan fingerprint density at radius 1 is 1.50 bits per heavy atom. The number of carboxylic acid groups (broad SMARTS) is 1. The molecule has 0 bridgehead atoms. The predicted octanol–water partition coefficient (Wildman–Crippen LogP) is 2.81. The summed E-state index contributed by atoms with van der Waals surface area (Å²) in [7, 11) is 1.47. The van der Waals surface area contributed by atoms with Crippen LogP contribution in [0.2, 0.25) is 5.02 Å². The fraction of sp³-hybridized carbons (Fsp3) is 0.462. The minimum absolute atomic E-state index is 0.329. The molecule has 0 heterocycles. The van der Waals surface area contributed by atoms with Crippen LogP contribution in [0.4, 0.5) is 0 Å². The highest BCUT2D eigenvalue weighted by Gasteiger charge is 2.34. The Morgan fingerprint density at radius 3 is 2.67 bits per heavy atom. The number of aliphatic carboxylic acids is 1. The third-order valence-electron chi connectivity index (χ3n) is 2.77. The molecule has 0 aromatic heterocycles. The first-order chi connectivity index (χ1) is 8.42. The summed E-state index contributed by atoms with van der Waals surface area (Å²) >= 11 is 5.90. The van der Waals surface area contributed by atoms with Crippen LogP contribution >= 0.6 is 11.6 Å². The number of benzene rings is 1. The largest absolute Gasteiger partial charge is 0.496 e. The third kappa shape index (κ3) is 3.37. The minimum Gasteiger partial charge on any atom is -0.496 e. The van der Waals surface area contributed by atoms with Gasteiger partial charge in [0, 0.05) is 10.6 Å². The molecule has 5 heteroatoms. The minimum atomic E-state index is -1.46. The molecular weight excluding hydrogens is 256 g/mol. The topological polar surface area (TPSA) is 66.8 Å². The summed E-state index contributed by atoms with van der Waals surface area (Å²) in [6, 6.07) is 4.82. The van der Waals surface area contributed by atoms with E-state index in [2.05, 4.69) is 0 Å². The van der Waals surface area contributed by atoms with Crippen LogP contribution in [0.25, 0.3) is 0 Å². The standard InChI is InChI=1S/C13H17ClO4/c1-3-6-13(17,8-12(15)16)10-7-9(14)4-5-11(10)18-2/h4-5,7,17H,3,6,8H2,1-2H3,(H,15,16). The Balaban J connectivity index is 3.27. The average Bonchev–Trinajstić information content (AvgIpc) is 2.28. The molecule has 0 aliphatic carbocycles. The van der Waals surface area contributed by atoms with Crippen LogP contribution in [0.15, 0.2) is 18.2 Å². The maximum atomic E-state index is 10.9. The van der Waals surface area contributed by atoms with Crippen molar-refractivity contribution < 1.29 is 19.7 Å². The molecule has 0 aliphatic heterocycles. The van der Waals surface area contributed by atoms with Gasteiger partial charge in [0.05, 0.1) is 13.5 Å².